The number of hydrogen-bond acceptors (Lipinski definition) is 0. The van der Waals surface area contributed by atoms with Gasteiger partial charge in [-0.15, -0.1) is 0 Å². The Kier molecular flexibility index (Phi) is 28.0. The van der Waals surface area contributed by atoms with Crippen LogP contribution in [0.3, 0.4) is 0 Å². The molecule has 0 saturated heterocycles. The van der Waals surface area contributed by atoms with Crippen molar-refractivity contribution in [3.05, 3.63) is 0 Å². The van der Waals surface area contributed by atoms with E-state index in [1.54, 1.807) is 16.5 Å². The van der Waals surface area contributed by atoms with Crippen LogP contribution in [-0.2, 0) is 46.5 Å². The molecule has 0 radical (unpaired) electrons. The van der Waals surface area contributed by atoms with Crippen molar-refractivity contribution in [2.45, 2.75) is 175 Å². The van der Waals surface area contributed by atoms with Gasteiger partial charge >= 0.3 is 219 Å². The topological polar surface area (TPSA) is 0 Å². The first kappa shape index (κ1) is 37.9. The van der Waals surface area contributed by atoms with Crippen LogP contribution in [0.2, 0.25) is 16.5 Å². The van der Waals surface area contributed by atoms with Crippen LogP contribution in [0.5, 0.6) is 0 Å². The van der Waals surface area contributed by atoms with E-state index < -0.39 is 20.3 Å². The minimum absolute atomic E-state index is 0. The maximum absolute atomic E-state index is 2.52. The zero-order valence-electron chi connectivity index (χ0n) is 25.5. The fraction of sp³-hybridized carbons (Fsp3) is 1.00. The molecule has 0 nitrogen and oxygen atoms in total. The zero-order valence-corrected chi connectivity index (χ0v) is 30.4. The third-order valence-corrected chi connectivity index (χ3v) is 23.3. The Balaban J connectivity index is 0. The molecular weight excluding hydrogens is 567 g/mol. The summed E-state index contributed by atoms with van der Waals surface area (Å²) in [7, 11) is 0. The predicted octanol–water partition coefficient (Wildman–Crippen LogP) is 12.7. The average molecular weight is 635 g/mol. The second kappa shape index (κ2) is 25.1. The second-order valence-electron chi connectivity index (χ2n) is 12.0. The quantitative estimate of drug-likeness (QED) is 0.0990. The maximum atomic E-state index is 2.52. The summed E-state index contributed by atoms with van der Waals surface area (Å²) in [5, 5.41) is 0. The largest absolute Gasteiger partial charge is 0 e. The van der Waals surface area contributed by atoms with Crippen molar-refractivity contribution in [2.24, 2.45) is 23.7 Å². The van der Waals surface area contributed by atoms with E-state index in [2.05, 4.69) is 55.4 Å². The molecule has 0 heterocycles. The molecule has 4 unspecified atom stereocenters. The molecule has 4 atom stereocenters. The van der Waals surface area contributed by atoms with E-state index >= 15 is 0 Å². The molecule has 0 aromatic rings. The summed E-state index contributed by atoms with van der Waals surface area (Å²) in [6.07, 6.45) is 23.3. The van der Waals surface area contributed by atoms with Gasteiger partial charge in [0.15, 0.2) is 0 Å². The Morgan fingerprint density at radius 3 is 0.735 bits per heavy atom. The van der Waals surface area contributed by atoms with Crippen molar-refractivity contribution in [1.29, 1.82) is 0 Å². The average Bonchev–Trinajstić information content (AvgIpc) is 2.84. The van der Waals surface area contributed by atoms with E-state index in [4.69, 9.17) is 0 Å². The van der Waals surface area contributed by atoms with E-state index in [0.717, 1.165) is 23.7 Å². The van der Waals surface area contributed by atoms with Crippen molar-refractivity contribution in [3.8, 4) is 0 Å². The van der Waals surface area contributed by atoms with Gasteiger partial charge in [0.2, 0.25) is 0 Å². The van der Waals surface area contributed by atoms with Gasteiger partial charge < -0.3 is 0 Å². The fourth-order valence-corrected chi connectivity index (χ4v) is 26.1. The summed E-state index contributed by atoms with van der Waals surface area (Å²) in [6, 6.07) is 0. The van der Waals surface area contributed by atoms with Crippen LogP contribution in [0.1, 0.15) is 158 Å². The number of unbranched alkanes of at least 4 members (excludes halogenated alkanes) is 4. The van der Waals surface area contributed by atoms with Gasteiger partial charge in [0, 0.05) is 26.2 Å². The van der Waals surface area contributed by atoms with E-state index in [-0.39, 0.29) is 26.2 Å². The number of hydrogen-bond donors (Lipinski definition) is 0. The van der Waals surface area contributed by atoms with Crippen molar-refractivity contribution in [1.82, 2.24) is 0 Å². The van der Waals surface area contributed by atoms with Crippen LogP contribution < -0.4 is 0 Å². The third-order valence-electron chi connectivity index (χ3n) is 9.06. The van der Waals surface area contributed by atoms with Gasteiger partial charge in [-0.05, 0) is 0 Å². The van der Waals surface area contributed by atoms with Crippen LogP contribution in [0.4, 0.5) is 0 Å². The molecule has 0 aliphatic rings. The Morgan fingerprint density at radius 1 is 0.382 bits per heavy atom. The van der Waals surface area contributed by atoms with Gasteiger partial charge in [0.1, 0.15) is 0 Å². The van der Waals surface area contributed by atoms with E-state index in [1.165, 1.54) is 103 Å². The smallest absolute Gasteiger partial charge is 0 e. The molecule has 204 valence electrons. The third kappa shape index (κ3) is 17.3. The van der Waals surface area contributed by atoms with Crippen LogP contribution in [0, 0.1) is 23.7 Å². The first-order valence-corrected chi connectivity index (χ1v) is 22.9. The molecule has 0 aliphatic heterocycles. The summed E-state index contributed by atoms with van der Waals surface area (Å²) in [5.74, 6) is 4.15. The van der Waals surface area contributed by atoms with Gasteiger partial charge in [-0.1, -0.05) is 0 Å². The fourth-order valence-electron chi connectivity index (χ4n) is 6.72. The summed E-state index contributed by atoms with van der Waals surface area (Å²) in [4.78, 5) is 0. The Hall–Kier alpha value is 1.77. The van der Waals surface area contributed by atoms with Crippen LogP contribution in [0.15, 0.2) is 0 Å². The zero-order chi connectivity index (χ0) is 25.0. The minimum Gasteiger partial charge on any atom is 0 e. The Labute approximate surface area is 242 Å². The van der Waals surface area contributed by atoms with Gasteiger partial charge in [0.05, 0.1) is 0 Å². The summed E-state index contributed by atoms with van der Waals surface area (Å²) < 4.78 is 6.94. The molecule has 34 heavy (non-hydrogen) atoms. The van der Waals surface area contributed by atoms with Crippen molar-refractivity contribution in [2.75, 3.05) is 0 Å². The molecule has 0 aliphatic carbocycles. The van der Waals surface area contributed by atoms with E-state index in [9.17, 15) is 0 Å². The molecule has 0 aromatic heterocycles. The molecule has 0 fully saturated rings. The molecule has 0 N–H and O–H groups in total. The molecule has 2 heteroatoms. The normalized spacial score (nSPS) is 16.9. The minimum atomic E-state index is -2.32. The SMILES string of the molecule is CCCCC(CC)[CH2][Zr]([CH2]C(CC)CCCC)([CH2]C(CC)CCCC)[CH2]C(CC)CCCC.[Zr]. The summed E-state index contributed by atoms with van der Waals surface area (Å²) in [6.45, 7) is 19.7. The van der Waals surface area contributed by atoms with Crippen LogP contribution >= 0.6 is 0 Å². The van der Waals surface area contributed by atoms with Crippen LogP contribution in [-0.4, -0.2) is 0 Å². The van der Waals surface area contributed by atoms with E-state index in [0.29, 0.717) is 0 Å². The Bertz CT molecular complexity index is 330. The molecule has 0 bridgehead atoms. The van der Waals surface area contributed by atoms with Gasteiger partial charge in [-0.25, -0.2) is 0 Å². The van der Waals surface area contributed by atoms with Gasteiger partial charge in [-0.2, -0.15) is 0 Å². The monoisotopic (exact) mass is 632 g/mol. The first-order chi connectivity index (χ1) is 16.0. The van der Waals surface area contributed by atoms with Crippen molar-refractivity contribution >= 4 is 0 Å². The van der Waals surface area contributed by atoms with Crippen molar-refractivity contribution in [3.63, 3.8) is 0 Å². The summed E-state index contributed by atoms with van der Waals surface area (Å²) >= 11 is -2.32. The molecular formula is C32H68Zr2. The van der Waals surface area contributed by atoms with Gasteiger partial charge in [-0.3, -0.25) is 0 Å². The molecule has 0 spiro atoms. The molecule has 0 aromatic carbocycles. The molecule has 0 saturated carbocycles. The van der Waals surface area contributed by atoms with Crippen molar-refractivity contribution < 1.29 is 46.5 Å². The molecule has 0 amide bonds. The Morgan fingerprint density at radius 2 is 0.588 bits per heavy atom. The van der Waals surface area contributed by atoms with Crippen LogP contribution in [0.25, 0.3) is 0 Å². The number of rotatable bonds is 24. The predicted molar refractivity (Wildman–Crippen MR) is 152 cm³/mol. The second-order valence-corrected chi connectivity index (χ2v) is 23.4. The standard InChI is InChI=1S/4C8H17.2Zr/c4*1-4-6-7-8(3)5-2;;/h4*8H,3-7H2,1-2H3;;. The summed E-state index contributed by atoms with van der Waals surface area (Å²) in [5.41, 5.74) is 0. The maximum Gasteiger partial charge on any atom is 0 e. The van der Waals surface area contributed by atoms with E-state index in [1.807, 2.05) is 0 Å². The first-order valence-electron chi connectivity index (χ1n) is 16.0. The molecule has 0 rings (SSSR count). The van der Waals surface area contributed by atoms with Gasteiger partial charge in [0.25, 0.3) is 0 Å².